The zero-order valence-electron chi connectivity index (χ0n) is 8.79. The molecule has 0 heterocycles. The minimum atomic E-state index is -0.385. The number of esters is 1. The van der Waals surface area contributed by atoms with E-state index >= 15 is 0 Å². The fourth-order valence-electron chi connectivity index (χ4n) is 1.39. The predicted molar refractivity (Wildman–Crippen MR) is 62.5 cm³/mol. The molecule has 0 aliphatic rings. The summed E-state index contributed by atoms with van der Waals surface area (Å²) in [4.78, 5) is 11.2. The number of methoxy groups -OCH3 is 1. The van der Waals surface area contributed by atoms with Gasteiger partial charge in [0.2, 0.25) is 0 Å². The number of nitrogens with zero attached hydrogens (tertiary/aromatic N) is 1. The summed E-state index contributed by atoms with van der Waals surface area (Å²) in [7, 11) is 1.31. The van der Waals surface area contributed by atoms with E-state index in [4.69, 9.17) is 11.0 Å². The molecule has 0 bridgehead atoms. The lowest BCUT2D eigenvalue weighted by Gasteiger charge is -2.10. The second-order valence-corrected chi connectivity index (χ2v) is 3.98. The van der Waals surface area contributed by atoms with E-state index in [1.54, 1.807) is 12.1 Å². The van der Waals surface area contributed by atoms with Crippen molar-refractivity contribution in [1.29, 1.82) is 5.26 Å². The summed E-state index contributed by atoms with van der Waals surface area (Å²) >= 11 is 3.27. The van der Waals surface area contributed by atoms with Gasteiger partial charge in [-0.25, -0.2) is 0 Å². The highest BCUT2D eigenvalue weighted by molar-refractivity contribution is 9.10. The van der Waals surface area contributed by atoms with Gasteiger partial charge in [-0.2, -0.15) is 5.26 Å². The number of benzene rings is 1. The molecule has 0 fully saturated rings. The van der Waals surface area contributed by atoms with Crippen LogP contribution in [0.15, 0.2) is 16.6 Å². The average molecular weight is 283 g/mol. The number of halogens is 1. The molecule has 5 heteroatoms. The smallest absolute Gasteiger partial charge is 0.310 e. The second kappa shape index (κ2) is 5.64. The Kier molecular flexibility index (Phi) is 4.47. The summed E-state index contributed by atoms with van der Waals surface area (Å²) in [5.74, 6) is -0.385. The van der Waals surface area contributed by atoms with Crippen LogP contribution in [0.3, 0.4) is 0 Å². The third-order valence-electron chi connectivity index (χ3n) is 2.24. The van der Waals surface area contributed by atoms with Crippen LogP contribution in [0.2, 0.25) is 0 Å². The molecule has 0 saturated heterocycles. The first-order valence-corrected chi connectivity index (χ1v) is 5.40. The Labute approximate surface area is 102 Å². The van der Waals surface area contributed by atoms with Gasteiger partial charge in [0.1, 0.15) is 6.07 Å². The molecule has 2 N–H and O–H groups in total. The van der Waals surface area contributed by atoms with Gasteiger partial charge >= 0.3 is 5.97 Å². The lowest BCUT2D eigenvalue weighted by atomic mass is 9.99. The van der Waals surface area contributed by atoms with E-state index in [0.717, 1.165) is 5.56 Å². The van der Waals surface area contributed by atoms with Gasteiger partial charge in [-0.15, -0.1) is 0 Å². The van der Waals surface area contributed by atoms with Crippen LogP contribution in [-0.4, -0.2) is 13.1 Å². The zero-order valence-corrected chi connectivity index (χ0v) is 10.4. The van der Waals surface area contributed by atoms with Crippen molar-refractivity contribution in [1.82, 2.24) is 0 Å². The molecule has 0 radical (unpaired) electrons. The number of hydrogen-bond acceptors (Lipinski definition) is 4. The topological polar surface area (TPSA) is 76.1 Å². The maximum atomic E-state index is 11.2. The number of carbonyl (C=O) groups excluding carboxylic acids is 1. The maximum Gasteiger partial charge on any atom is 0.310 e. The molecular weight excluding hydrogens is 272 g/mol. The molecule has 1 aromatic carbocycles. The van der Waals surface area contributed by atoms with Crippen molar-refractivity contribution in [3.63, 3.8) is 0 Å². The first-order chi connectivity index (χ1) is 7.63. The normalized spacial score (nSPS) is 9.62. The Morgan fingerprint density at radius 1 is 1.62 bits per heavy atom. The molecule has 4 nitrogen and oxygen atoms in total. The van der Waals surface area contributed by atoms with E-state index in [9.17, 15) is 4.79 Å². The molecule has 1 rings (SSSR count). The van der Waals surface area contributed by atoms with Crippen LogP contribution in [-0.2, 0) is 22.5 Å². The summed E-state index contributed by atoms with van der Waals surface area (Å²) in [6, 6.07) is 5.60. The SMILES string of the molecule is COC(=O)Cc1c(CN)ccc(Br)c1C#N. The molecule has 0 spiro atoms. The highest BCUT2D eigenvalue weighted by Gasteiger charge is 2.14. The lowest BCUT2D eigenvalue weighted by Crippen LogP contribution is -2.11. The van der Waals surface area contributed by atoms with Gasteiger partial charge in [0, 0.05) is 11.0 Å². The van der Waals surface area contributed by atoms with E-state index in [-0.39, 0.29) is 18.9 Å². The Morgan fingerprint density at radius 3 is 2.81 bits per heavy atom. The molecule has 0 aliphatic carbocycles. The third-order valence-corrected chi connectivity index (χ3v) is 2.90. The third kappa shape index (κ3) is 2.60. The van der Waals surface area contributed by atoms with E-state index < -0.39 is 0 Å². The van der Waals surface area contributed by atoms with Crippen LogP contribution in [0.25, 0.3) is 0 Å². The number of nitriles is 1. The fourth-order valence-corrected chi connectivity index (χ4v) is 1.85. The fraction of sp³-hybridized carbons (Fsp3) is 0.273. The van der Waals surface area contributed by atoms with Crippen molar-refractivity contribution < 1.29 is 9.53 Å². The maximum absolute atomic E-state index is 11.2. The van der Waals surface area contributed by atoms with Gasteiger partial charge in [-0.1, -0.05) is 6.07 Å². The molecule has 0 unspecified atom stereocenters. The van der Waals surface area contributed by atoms with Gasteiger partial charge in [0.05, 0.1) is 19.1 Å². The first kappa shape index (κ1) is 12.7. The Morgan fingerprint density at radius 2 is 2.31 bits per heavy atom. The molecule has 0 aliphatic heterocycles. The van der Waals surface area contributed by atoms with Crippen LogP contribution in [0, 0.1) is 11.3 Å². The highest BCUT2D eigenvalue weighted by atomic mass is 79.9. The van der Waals surface area contributed by atoms with Crippen molar-refractivity contribution in [3.05, 3.63) is 33.3 Å². The summed E-state index contributed by atoms with van der Waals surface area (Å²) in [6.07, 6.45) is 0.0609. The van der Waals surface area contributed by atoms with Gasteiger partial charge in [-0.05, 0) is 33.1 Å². The largest absolute Gasteiger partial charge is 0.469 e. The quantitative estimate of drug-likeness (QED) is 0.853. The molecule has 0 saturated carbocycles. The van der Waals surface area contributed by atoms with E-state index in [2.05, 4.69) is 26.7 Å². The van der Waals surface area contributed by atoms with Crippen LogP contribution in [0.5, 0.6) is 0 Å². The summed E-state index contributed by atoms with van der Waals surface area (Å²) in [6.45, 7) is 0.286. The lowest BCUT2D eigenvalue weighted by molar-refractivity contribution is -0.139. The van der Waals surface area contributed by atoms with E-state index in [1.807, 2.05) is 0 Å². The number of nitrogens with two attached hydrogens (primary N) is 1. The van der Waals surface area contributed by atoms with Crippen LogP contribution < -0.4 is 5.73 Å². The molecule has 1 aromatic rings. The van der Waals surface area contributed by atoms with Gasteiger partial charge in [0.25, 0.3) is 0 Å². The molecule has 84 valence electrons. The molecule has 0 atom stereocenters. The van der Waals surface area contributed by atoms with Crippen molar-refractivity contribution in [2.24, 2.45) is 5.73 Å². The summed E-state index contributed by atoms with van der Waals surface area (Å²) in [5.41, 5.74) is 7.42. The Bertz CT molecular complexity index is 452. The average Bonchev–Trinajstić information content (AvgIpc) is 2.29. The Balaban J connectivity index is 3.26. The number of ether oxygens (including phenoxy) is 1. The van der Waals surface area contributed by atoms with E-state index in [0.29, 0.717) is 15.6 Å². The minimum Gasteiger partial charge on any atom is -0.469 e. The summed E-state index contributed by atoms with van der Waals surface area (Å²) < 4.78 is 5.25. The molecule has 0 amide bonds. The monoisotopic (exact) mass is 282 g/mol. The van der Waals surface area contributed by atoms with Crippen molar-refractivity contribution in [3.8, 4) is 6.07 Å². The summed E-state index contributed by atoms with van der Waals surface area (Å²) in [5, 5.41) is 9.03. The first-order valence-electron chi connectivity index (χ1n) is 4.61. The number of carbonyl (C=O) groups is 1. The minimum absolute atomic E-state index is 0.0609. The van der Waals surface area contributed by atoms with Gasteiger partial charge < -0.3 is 10.5 Å². The number of hydrogen-bond donors (Lipinski definition) is 1. The van der Waals surface area contributed by atoms with Gasteiger partial charge in [-0.3, -0.25) is 4.79 Å². The van der Waals surface area contributed by atoms with Crippen LogP contribution in [0.1, 0.15) is 16.7 Å². The Hall–Kier alpha value is -1.38. The van der Waals surface area contributed by atoms with Crippen molar-refractivity contribution in [2.45, 2.75) is 13.0 Å². The molecular formula is C11H11BrN2O2. The van der Waals surface area contributed by atoms with Crippen LogP contribution in [0.4, 0.5) is 0 Å². The molecule has 0 aromatic heterocycles. The van der Waals surface area contributed by atoms with Crippen LogP contribution >= 0.6 is 15.9 Å². The standard InChI is InChI=1S/C11H11BrN2O2/c1-16-11(15)4-8-7(5-13)2-3-10(12)9(8)6-14/h2-3H,4-5,13H2,1H3. The van der Waals surface area contributed by atoms with Crippen molar-refractivity contribution in [2.75, 3.05) is 7.11 Å². The predicted octanol–water partition coefficient (Wildman–Crippen LogP) is 1.49. The van der Waals surface area contributed by atoms with E-state index in [1.165, 1.54) is 7.11 Å². The van der Waals surface area contributed by atoms with Gasteiger partial charge in [0.15, 0.2) is 0 Å². The second-order valence-electron chi connectivity index (χ2n) is 3.13. The van der Waals surface area contributed by atoms with Crippen molar-refractivity contribution >= 4 is 21.9 Å². The number of rotatable bonds is 3. The zero-order chi connectivity index (χ0) is 12.1. The molecule has 16 heavy (non-hydrogen) atoms. The highest BCUT2D eigenvalue weighted by Crippen LogP contribution is 2.24.